The van der Waals surface area contributed by atoms with Crippen molar-refractivity contribution in [3.05, 3.63) is 95.6 Å². The van der Waals surface area contributed by atoms with Crippen molar-refractivity contribution in [1.29, 1.82) is 0 Å². The lowest BCUT2D eigenvalue weighted by Gasteiger charge is -2.24. The van der Waals surface area contributed by atoms with E-state index in [4.69, 9.17) is 0 Å². The van der Waals surface area contributed by atoms with E-state index in [0.29, 0.717) is 18.2 Å². The van der Waals surface area contributed by atoms with Crippen LogP contribution in [0.3, 0.4) is 0 Å². The van der Waals surface area contributed by atoms with E-state index in [0.717, 1.165) is 30.8 Å². The zero-order valence-corrected chi connectivity index (χ0v) is 21.9. The third-order valence-electron chi connectivity index (χ3n) is 6.55. The Bertz CT molecular complexity index is 1250. The first-order valence-corrected chi connectivity index (χ1v) is 14.0. The molecule has 1 heterocycles. The van der Waals surface area contributed by atoms with E-state index in [1.807, 2.05) is 24.3 Å². The molecular formula is C29H35N3O3S. The van der Waals surface area contributed by atoms with Crippen LogP contribution in [0.4, 0.5) is 5.69 Å². The van der Waals surface area contributed by atoms with Crippen LogP contribution >= 0.6 is 0 Å². The van der Waals surface area contributed by atoms with Crippen molar-refractivity contribution < 1.29 is 13.2 Å². The smallest absolute Gasteiger partial charge is 0.264 e. The van der Waals surface area contributed by atoms with Crippen LogP contribution in [0.15, 0.2) is 83.8 Å². The van der Waals surface area contributed by atoms with Gasteiger partial charge in [0.2, 0.25) is 5.91 Å². The van der Waals surface area contributed by atoms with E-state index in [2.05, 4.69) is 36.2 Å². The predicted molar refractivity (Wildman–Crippen MR) is 144 cm³/mol. The SMILES string of the molecule is CC(C)c1ccc(N(CC(=O)NCc2cccc(CN3CCCC3)c2)S(=O)(=O)c2ccccc2)cc1. The van der Waals surface area contributed by atoms with Crippen LogP contribution in [-0.4, -0.2) is 38.9 Å². The molecule has 1 amide bonds. The lowest BCUT2D eigenvalue weighted by atomic mass is 10.0. The molecule has 0 aliphatic carbocycles. The number of likely N-dealkylation sites (tertiary alicyclic amines) is 1. The highest BCUT2D eigenvalue weighted by atomic mass is 32.2. The fraction of sp³-hybridized carbons (Fsp3) is 0.345. The van der Waals surface area contributed by atoms with Crippen LogP contribution < -0.4 is 9.62 Å². The number of amides is 1. The number of rotatable bonds is 10. The number of nitrogens with zero attached hydrogens (tertiary/aromatic N) is 2. The predicted octanol–water partition coefficient (Wildman–Crippen LogP) is 4.92. The third kappa shape index (κ3) is 6.53. The van der Waals surface area contributed by atoms with Crippen LogP contribution in [-0.2, 0) is 27.9 Å². The number of nitrogens with one attached hydrogen (secondary N) is 1. The molecule has 6 nitrogen and oxygen atoms in total. The number of anilines is 1. The Labute approximate surface area is 215 Å². The van der Waals surface area contributed by atoms with Gasteiger partial charge < -0.3 is 5.32 Å². The minimum absolute atomic E-state index is 0.153. The lowest BCUT2D eigenvalue weighted by molar-refractivity contribution is -0.119. The standard InChI is InChI=1S/C29H35N3O3S/c1-23(2)26-13-15-27(16-14-26)32(36(34,35)28-11-4-3-5-12-28)22-29(33)30-20-24-9-8-10-25(19-24)21-31-17-6-7-18-31/h3-5,8-16,19,23H,6-7,17-18,20-22H2,1-2H3,(H,30,33). The highest BCUT2D eigenvalue weighted by Gasteiger charge is 2.27. The maximum absolute atomic E-state index is 13.5. The molecule has 3 aromatic rings. The van der Waals surface area contributed by atoms with E-state index < -0.39 is 10.0 Å². The molecule has 1 N–H and O–H groups in total. The van der Waals surface area contributed by atoms with Crippen LogP contribution in [0.1, 0.15) is 49.3 Å². The summed E-state index contributed by atoms with van der Waals surface area (Å²) in [4.78, 5) is 15.6. The van der Waals surface area contributed by atoms with Crippen molar-refractivity contribution in [2.75, 3.05) is 23.9 Å². The highest BCUT2D eigenvalue weighted by Crippen LogP contribution is 2.26. The number of carbonyl (C=O) groups excluding carboxylic acids is 1. The van der Waals surface area contributed by atoms with E-state index in [1.165, 1.54) is 22.7 Å². The van der Waals surface area contributed by atoms with Crippen molar-refractivity contribution in [2.45, 2.75) is 50.6 Å². The molecule has 0 atom stereocenters. The summed E-state index contributed by atoms with van der Waals surface area (Å²) < 4.78 is 28.2. The van der Waals surface area contributed by atoms with E-state index in [9.17, 15) is 13.2 Å². The summed E-state index contributed by atoms with van der Waals surface area (Å²) in [7, 11) is -3.92. The Hall–Kier alpha value is -3.16. The van der Waals surface area contributed by atoms with Crippen LogP contribution in [0.5, 0.6) is 0 Å². The molecule has 0 unspecified atom stereocenters. The van der Waals surface area contributed by atoms with E-state index >= 15 is 0 Å². The Morgan fingerprint density at radius 1 is 0.917 bits per heavy atom. The van der Waals surface area contributed by atoms with Crippen molar-refractivity contribution in [3.63, 3.8) is 0 Å². The summed E-state index contributed by atoms with van der Waals surface area (Å²) in [5.41, 5.74) is 3.79. The first kappa shape index (κ1) is 25.9. The number of sulfonamides is 1. The molecular weight excluding hydrogens is 470 g/mol. The van der Waals surface area contributed by atoms with Crippen LogP contribution in [0.2, 0.25) is 0 Å². The minimum Gasteiger partial charge on any atom is -0.350 e. The molecule has 1 aliphatic heterocycles. The largest absolute Gasteiger partial charge is 0.350 e. The molecule has 1 aliphatic rings. The highest BCUT2D eigenvalue weighted by molar-refractivity contribution is 7.92. The molecule has 0 saturated carbocycles. The summed E-state index contributed by atoms with van der Waals surface area (Å²) >= 11 is 0. The Balaban J connectivity index is 1.48. The molecule has 0 radical (unpaired) electrons. The summed E-state index contributed by atoms with van der Waals surface area (Å²) in [6.45, 7) is 7.39. The minimum atomic E-state index is -3.92. The van der Waals surface area contributed by atoms with Gasteiger partial charge in [0.25, 0.3) is 10.0 Å². The maximum Gasteiger partial charge on any atom is 0.264 e. The zero-order chi connectivity index (χ0) is 25.5. The number of hydrogen-bond donors (Lipinski definition) is 1. The van der Waals surface area contributed by atoms with Crippen molar-refractivity contribution in [3.8, 4) is 0 Å². The zero-order valence-electron chi connectivity index (χ0n) is 21.1. The third-order valence-corrected chi connectivity index (χ3v) is 8.34. The lowest BCUT2D eigenvalue weighted by Crippen LogP contribution is -2.40. The average molecular weight is 506 g/mol. The van der Waals surface area contributed by atoms with Crippen LogP contribution in [0.25, 0.3) is 0 Å². The van der Waals surface area contributed by atoms with Gasteiger partial charge >= 0.3 is 0 Å². The molecule has 3 aromatic carbocycles. The first-order valence-electron chi connectivity index (χ1n) is 12.6. The van der Waals surface area contributed by atoms with Crippen LogP contribution in [0, 0.1) is 0 Å². The van der Waals surface area contributed by atoms with Gasteiger partial charge in [-0.2, -0.15) is 0 Å². The van der Waals surface area contributed by atoms with Gasteiger partial charge in [0.1, 0.15) is 6.54 Å². The second-order valence-electron chi connectivity index (χ2n) is 9.65. The Morgan fingerprint density at radius 2 is 1.58 bits per heavy atom. The number of carbonyl (C=O) groups is 1. The molecule has 7 heteroatoms. The Morgan fingerprint density at radius 3 is 2.25 bits per heavy atom. The van der Waals surface area contributed by atoms with Gasteiger partial charge in [-0.3, -0.25) is 14.0 Å². The van der Waals surface area contributed by atoms with E-state index in [1.54, 1.807) is 42.5 Å². The Kier molecular flexibility index (Phi) is 8.44. The monoisotopic (exact) mass is 505 g/mol. The normalized spacial score (nSPS) is 14.2. The maximum atomic E-state index is 13.5. The molecule has 0 bridgehead atoms. The van der Waals surface area contributed by atoms with Gasteiger partial charge in [-0.1, -0.05) is 68.4 Å². The molecule has 1 saturated heterocycles. The fourth-order valence-electron chi connectivity index (χ4n) is 4.48. The van der Waals surface area contributed by atoms with Gasteiger partial charge in [-0.05, 0) is 72.8 Å². The van der Waals surface area contributed by atoms with Gasteiger partial charge in [0.15, 0.2) is 0 Å². The summed E-state index contributed by atoms with van der Waals surface area (Å²) in [5, 5.41) is 2.91. The molecule has 4 rings (SSSR count). The summed E-state index contributed by atoms with van der Waals surface area (Å²) in [6.07, 6.45) is 2.50. The quantitative estimate of drug-likeness (QED) is 0.425. The fourth-order valence-corrected chi connectivity index (χ4v) is 5.93. The van der Waals surface area contributed by atoms with Gasteiger partial charge in [0.05, 0.1) is 10.6 Å². The van der Waals surface area contributed by atoms with Gasteiger partial charge in [-0.25, -0.2) is 8.42 Å². The molecule has 0 aromatic heterocycles. The summed E-state index contributed by atoms with van der Waals surface area (Å²) in [6, 6.07) is 23.8. The topological polar surface area (TPSA) is 69.7 Å². The second kappa shape index (κ2) is 11.7. The summed E-state index contributed by atoms with van der Waals surface area (Å²) in [5.74, 6) is -0.0323. The molecule has 0 spiro atoms. The van der Waals surface area contributed by atoms with Gasteiger partial charge in [-0.15, -0.1) is 0 Å². The number of benzene rings is 3. The van der Waals surface area contributed by atoms with Gasteiger partial charge in [0, 0.05) is 13.1 Å². The molecule has 190 valence electrons. The first-order chi connectivity index (χ1) is 17.3. The van der Waals surface area contributed by atoms with E-state index in [-0.39, 0.29) is 17.3 Å². The van der Waals surface area contributed by atoms with Crippen molar-refractivity contribution in [2.24, 2.45) is 0 Å². The van der Waals surface area contributed by atoms with Crippen molar-refractivity contribution in [1.82, 2.24) is 10.2 Å². The van der Waals surface area contributed by atoms with Crippen molar-refractivity contribution >= 4 is 21.6 Å². The number of hydrogen-bond acceptors (Lipinski definition) is 4. The second-order valence-corrected chi connectivity index (χ2v) is 11.5. The average Bonchev–Trinajstić information content (AvgIpc) is 3.40. The molecule has 1 fully saturated rings. The molecule has 36 heavy (non-hydrogen) atoms.